The average molecular weight is 514 g/mol. The van der Waals surface area contributed by atoms with Gasteiger partial charge in [-0.2, -0.15) is 0 Å². The maximum atomic E-state index is 13.8. The lowest BCUT2D eigenvalue weighted by Crippen LogP contribution is -2.53. The first-order valence-electron chi connectivity index (χ1n) is 11.8. The van der Waals surface area contributed by atoms with Crippen LogP contribution < -0.4 is 10.6 Å². The van der Waals surface area contributed by atoms with Gasteiger partial charge in [-0.3, -0.25) is 9.59 Å². The van der Waals surface area contributed by atoms with Crippen molar-refractivity contribution in [2.45, 2.75) is 72.2 Å². The molecule has 3 amide bonds. The fourth-order valence-electron chi connectivity index (χ4n) is 3.73. The number of amides is 3. The van der Waals surface area contributed by atoms with Crippen molar-refractivity contribution in [2.75, 3.05) is 5.32 Å². The van der Waals surface area contributed by atoms with E-state index in [1.54, 1.807) is 58.0 Å². The van der Waals surface area contributed by atoms with E-state index in [1.165, 1.54) is 4.90 Å². The average Bonchev–Trinajstić information content (AvgIpc) is 2.77. The highest BCUT2D eigenvalue weighted by Gasteiger charge is 2.36. The van der Waals surface area contributed by atoms with Gasteiger partial charge in [0.15, 0.2) is 0 Å². The Morgan fingerprint density at radius 2 is 1.72 bits per heavy atom. The fraction of sp³-hybridized carbons (Fsp3) is 0.393. The normalized spacial score (nSPS) is 12.9. The minimum Gasteiger partial charge on any atom is -0.444 e. The summed E-state index contributed by atoms with van der Waals surface area (Å²) in [5.74, 6) is -0.866. The van der Waals surface area contributed by atoms with Crippen LogP contribution in [0.15, 0.2) is 49.0 Å². The number of carbonyl (C=O) groups is 3. The molecule has 194 valence electrons. The van der Waals surface area contributed by atoms with Gasteiger partial charge in [0, 0.05) is 6.04 Å². The number of aryl methyl sites for hydroxylation is 1. The van der Waals surface area contributed by atoms with E-state index in [0.717, 1.165) is 11.1 Å². The van der Waals surface area contributed by atoms with E-state index in [0.29, 0.717) is 16.3 Å². The van der Waals surface area contributed by atoms with Gasteiger partial charge in [0.2, 0.25) is 5.91 Å². The fourth-order valence-corrected chi connectivity index (χ4v) is 3.99. The number of para-hydroxylation sites is 1. The van der Waals surface area contributed by atoms with Crippen molar-refractivity contribution in [2.24, 2.45) is 0 Å². The highest BCUT2D eigenvalue weighted by Crippen LogP contribution is 2.30. The summed E-state index contributed by atoms with van der Waals surface area (Å²) >= 11 is 6.37. The summed E-state index contributed by atoms with van der Waals surface area (Å²) in [6.07, 6.45) is 0.957. The van der Waals surface area contributed by atoms with Crippen LogP contribution in [0.2, 0.25) is 5.02 Å². The van der Waals surface area contributed by atoms with E-state index >= 15 is 0 Å². The summed E-state index contributed by atoms with van der Waals surface area (Å²) < 4.78 is 5.30. The molecule has 0 spiro atoms. The molecule has 2 aromatic rings. The molecule has 0 aliphatic heterocycles. The molecule has 2 atom stereocenters. The molecule has 2 unspecified atom stereocenters. The van der Waals surface area contributed by atoms with Crippen LogP contribution in [0.5, 0.6) is 0 Å². The number of alkyl carbamates (subject to hydrolysis) is 1. The van der Waals surface area contributed by atoms with Crippen molar-refractivity contribution in [3.63, 3.8) is 0 Å². The Labute approximate surface area is 218 Å². The predicted molar refractivity (Wildman–Crippen MR) is 145 cm³/mol. The van der Waals surface area contributed by atoms with Crippen LogP contribution in [0, 0.1) is 6.92 Å². The Morgan fingerprint density at radius 3 is 2.28 bits per heavy atom. The third-order valence-corrected chi connectivity index (χ3v) is 5.69. The van der Waals surface area contributed by atoms with Gasteiger partial charge in [0.05, 0.1) is 10.7 Å². The molecule has 2 rings (SSSR count). The zero-order valence-electron chi connectivity index (χ0n) is 22.0. The van der Waals surface area contributed by atoms with Crippen LogP contribution in [0.4, 0.5) is 10.5 Å². The number of carbonyl (C=O) groups excluding carboxylic acids is 3. The van der Waals surface area contributed by atoms with Gasteiger partial charge in [-0.25, -0.2) is 4.79 Å². The molecule has 7 nitrogen and oxygen atoms in total. The molecule has 2 aromatic carbocycles. The van der Waals surface area contributed by atoms with Gasteiger partial charge in [-0.15, -0.1) is 0 Å². The van der Waals surface area contributed by atoms with Gasteiger partial charge in [0.25, 0.3) is 5.91 Å². The molecule has 0 saturated carbocycles. The number of rotatable bonds is 8. The minimum absolute atomic E-state index is 0.379. The molecule has 0 aliphatic rings. The lowest BCUT2D eigenvalue weighted by molar-refractivity contribution is -0.142. The Kier molecular flexibility index (Phi) is 9.70. The smallest absolute Gasteiger partial charge is 0.408 e. The standard InChI is InChI=1S/C28H36ClN3O4/c1-9-20-13-11-14-21(16-20)24(25(33)31-23-18(4)12-10-15-22(23)29)32(17(2)3)26(34)19(5)30-27(35)36-28(6,7)8/h9-17,19,24H,1H2,2-8H3,(H,30,35)(H,31,33). The summed E-state index contributed by atoms with van der Waals surface area (Å²) in [5, 5.41) is 5.89. The summed E-state index contributed by atoms with van der Waals surface area (Å²) in [6, 6.07) is 10.3. The molecule has 36 heavy (non-hydrogen) atoms. The number of hydrogen-bond donors (Lipinski definition) is 2. The molecule has 0 heterocycles. The van der Waals surface area contributed by atoms with Gasteiger partial charge in [-0.1, -0.05) is 54.6 Å². The maximum absolute atomic E-state index is 13.8. The first-order valence-corrected chi connectivity index (χ1v) is 12.2. The van der Waals surface area contributed by atoms with E-state index < -0.39 is 35.6 Å². The van der Waals surface area contributed by atoms with Crippen molar-refractivity contribution in [3.05, 3.63) is 70.8 Å². The lowest BCUT2D eigenvalue weighted by atomic mass is 9.99. The first-order chi connectivity index (χ1) is 16.7. The van der Waals surface area contributed by atoms with Gasteiger partial charge < -0.3 is 20.3 Å². The number of benzene rings is 2. The number of halogens is 1. The van der Waals surface area contributed by atoms with E-state index in [4.69, 9.17) is 16.3 Å². The van der Waals surface area contributed by atoms with Crippen LogP contribution in [0.25, 0.3) is 6.08 Å². The summed E-state index contributed by atoms with van der Waals surface area (Å²) in [7, 11) is 0. The summed E-state index contributed by atoms with van der Waals surface area (Å²) in [4.78, 5) is 41.3. The molecule has 0 aromatic heterocycles. The van der Waals surface area contributed by atoms with E-state index in [9.17, 15) is 14.4 Å². The van der Waals surface area contributed by atoms with Gasteiger partial charge >= 0.3 is 6.09 Å². The SMILES string of the molecule is C=Cc1cccc(C(C(=O)Nc2c(C)cccc2Cl)N(C(=O)C(C)NC(=O)OC(C)(C)C)C(C)C)c1. The number of anilines is 1. The van der Waals surface area contributed by atoms with E-state index in [2.05, 4.69) is 17.2 Å². The Morgan fingerprint density at radius 1 is 1.08 bits per heavy atom. The quantitative estimate of drug-likeness (QED) is 0.445. The first kappa shape index (κ1) is 28.9. The Hall–Kier alpha value is -3.32. The highest BCUT2D eigenvalue weighted by atomic mass is 35.5. The van der Waals surface area contributed by atoms with Crippen molar-refractivity contribution in [1.82, 2.24) is 10.2 Å². The Bertz CT molecular complexity index is 1100. The van der Waals surface area contributed by atoms with Crippen molar-refractivity contribution >= 4 is 41.3 Å². The van der Waals surface area contributed by atoms with Crippen LogP contribution in [0.3, 0.4) is 0 Å². The van der Waals surface area contributed by atoms with Gasteiger partial charge in [-0.05, 0) is 77.3 Å². The topological polar surface area (TPSA) is 87.7 Å². The molecule has 0 fully saturated rings. The molecule has 0 aliphatic carbocycles. The molecule has 8 heteroatoms. The molecule has 0 radical (unpaired) electrons. The molecule has 2 N–H and O–H groups in total. The van der Waals surface area contributed by atoms with E-state index in [1.807, 2.05) is 39.0 Å². The molecule has 0 saturated heterocycles. The third kappa shape index (κ3) is 7.59. The lowest BCUT2D eigenvalue weighted by Gasteiger charge is -2.36. The number of nitrogens with one attached hydrogen (secondary N) is 2. The number of hydrogen-bond acceptors (Lipinski definition) is 4. The second-order valence-electron chi connectivity index (χ2n) is 9.90. The number of nitrogens with zero attached hydrogens (tertiary/aromatic N) is 1. The zero-order valence-corrected chi connectivity index (χ0v) is 22.8. The van der Waals surface area contributed by atoms with Crippen molar-refractivity contribution in [1.29, 1.82) is 0 Å². The summed E-state index contributed by atoms with van der Waals surface area (Å²) in [5.41, 5.74) is 1.95. The zero-order chi connectivity index (χ0) is 27.2. The molecular weight excluding hydrogens is 478 g/mol. The second kappa shape index (κ2) is 12.1. The molecular formula is C28H36ClN3O4. The Balaban J connectivity index is 2.50. The van der Waals surface area contributed by atoms with Crippen LogP contribution in [0.1, 0.15) is 64.3 Å². The molecule has 0 bridgehead atoms. The largest absolute Gasteiger partial charge is 0.444 e. The highest BCUT2D eigenvalue weighted by molar-refractivity contribution is 6.34. The minimum atomic E-state index is -1.00. The van der Waals surface area contributed by atoms with Crippen molar-refractivity contribution in [3.8, 4) is 0 Å². The predicted octanol–water partition coefficient (Wildman–Crippen LogP) is 6.12. The summed E-state index contributed by atoms with van der Waals surface area (Å²) in [6.45, 7) is 16.1. The van der Waals surface area contributed by atoms with Crippen molar-refractivity contribution < 1.29 is 19.1 Å². The van der Waals surface area contributed by atoms with Gasteiger partial charge in [0.1, 0.15) is 17.7 Å². The number of ether oxygens (including phenoxy) is 1. The monoisotopic (exact) mass is 513 g/mol. The second-order valence-corrected chi connectivity index (χ2v) is 10.3. The van der Waals surface area contributed by atoms with Crippen LogP contribution >= 0.6 is 11.6 Å². The maximum Gasteiger partial charge on any atom is 0.408 e. The van der Waals surface area contributed by atoms with Crippen LogP contribution in [-0.4, -0.2) is 40.5 Å². The van der Waals surface area contributed by atoms with E-state index in [-0.39, 0.29) is 6.04 Å². The third-order valence-electron chi connectivity index (χ3n) is 5.37. The van der Waals surface area contributed by atoms with Crippen LogP contribution in [-0.2, 0) is 14.3 Å².